The summed E-state index contributed by atoms with van der Waals surface area (Å²) in [6.07, 6.45) is 3.30. The number of H-pyrrole nitrogens is 1. The molecule has 2 fully saturated rings. The Morgan fingerprint density at radius 2 is 1.71 bits per heavy atom. The first-order chi connectivity index (χ1) is 16.4. The van der Waals surface area contributed by atoms with E-state index in [0.29, 0.717) is 24.9 Å². The Morgan fingerprint density at radius 1 is 0.941 bits per heavy atom. The van der Waals surface area contributed by atoms with E-state index in [1.807, 2.05) is 41.3 Å². The molecular weight excluding hydrogens is 440 g/mol. The van der Waals surface area contributed by atoms with E-state index in [2.05, 4.69) is 35.5 Å². The van der Waals surface area contributed by atoms with E-state index in [1.165, 1.54) is 0 Å². The van der Waals surface area contributed by atoms with Gasteiger partial charge in [0.1, 0.15) is 5.82 Å². The summed E-state index contributed by atoms with van der Waals surface area (Å²) < 4.78 is 26.4. The maximum absolute atomic E-state index is 13.2. The van der Waals surface area contributed by atoms with E-state index in [1.54, 1.807) is 18.5 Å². The molecule has 0 radical (unpaired) electrons. The highest BCUT2D eigenvalue weighted by atomic mass is 19.3. The zero-order valence-corrected chi connectivity index (χ0v) is 18.0. The van der Waals surface area contributed by atoms with Gasteiger partial charge in [0.25, 0.3) is 0 Å². The van der Waals surface area contributed by atoms with Gasteiger partial charge in [0, 0.05) is 60.6 Å². The second-order valence-electron chi connectivity index (χ2n) is 8.98. The zero-order valence-electron chi connectivity index (χ0n) is 18.0. The molecule has 172 valence electrons. The van der Waals surface area contributed by atoms with Crippen molar-refractivity contribution in [2.75, 3.05) is 29.0 Å². The van der Waals surface area contributed by atoms with Crippen LogP contribution in [0, 0.1) is 5.41 Å². The van der Waals surface area contributed by atoms with Crippen LogP contribution in [-0.2, 0) is 0 Å². The van der Waals surface area contributed by atoms with Gasteiger partial charge in [-0.15, -0.1) is 5.10 Å². The Balaban J connectivity index is 1.09. The van der Waals surface area contributed by atoms with Crippen LogP contribution in [0.15, 0.2) is 54.9 Å². The van der Waals surface area contributed by atoms with Crippen LogP contribution < -0.4 is 16.0 Å². The van der Waals surface area contributed by atoms with E-state index < -0.39 is 5.92 Å². The molecule has 11 heteroatoms. The standard InChI is InChI=1S/C23H21F2N9/c24-23(25)10-22(11-23)12-34(13-22)18-6-3-15(9-28-18)19-31-21(33-32-19)29-16-4-1-14(2-5-16)17-7-8-27-20(26)30-17/h1-9H,10-13H2,(H2,26,27,30)(H2,29,31,32,33). The van der Waals surface area contributed by atoms with Gasteiger partial charge in [-0.1, -0.05) is 12.1 Å². The molecule has 2 aliphatic rings. The van der Waals surface area contributed by atoms with Crippen molar-refractivity contribution in [3.63, 3.8) is 0 Å². The molecule has 4 aromatic rings. The number of rotatable bonds is 5. The number of pyridine rings is 1. The summed E-state index contributed by atoms with van der Waals surface area (Å²) >= 11 is 0. The van der Waals surface area contributed by atoms with E-state index in [9.17, 15) is 8.78 Å². The molecule has 0 unspecified atom stereocenters. The van der Waals surface area contributed by atoms with Crippen molar-refractivity contribution in [3.05, 3.63) is 54.9 Å². The molecule has 0 amide bonds. The Kier molecular flexibility index (Phi) is 4.48. The number of hydrogen-bond donors (Lipinski definition) is 3. The lowest BCUT2D eigenvalue weighted by atomic mass is 9.61. The Bertz CT molecular complexity index is 1320. The Morgan fingerprint density at radius 3 is 2.38 bits per heavy atom. The van der Waals surface area contributed by atoms with Crippen LogP contribution in [0.25, 0.3) is 22.6 Å². The highest BCUT2D eigenvalue weighted by Gasteiger charge is 2.61. The molecule has 1 aliphatic carbocycles. The van der Waals surface area contributed by atoms with Crippen LogP contribution in [-0.4, -0.2) is 49.1 Å². The third-order valence-corrected chi connectivity index (χ3v) is 6.26. The SMILES string of the molecule is Nc1nccc(-c2ccc(Nc3n[nH]c(-c4ccc(N5CC6(C5)CC(F)(F)C6)nc4)n3)cc2)n1. The fraction of sp³-hybridized carbons (Fsp3) is 0.261. The van der Waals surface area contributed by atoms with Crippen LogP contribution >= 0.6 is 0 Å². The number of benzene rings is 1. The molecular formula is C23H21F2N9. The van der Waals surface area contributed by atoms with Crippen LogP contribution in [0.4, 0.5) is 32.2 Å². The van der Waals surface area contributed by atoms with Gasteiger partial charge >= 0.3 is 0 Å². The predicted octanol–water partition coefficient (Wildman–Crippen LogP) is 3.89. The maximum atomic E-state index is 13.2. The Hall–Kier alpha value is -4.15. The predicted molar refractivity (Wildman–Crippen MR) is 124 cm³/mol. The molecule has 1 saturated carbocycles. The normalized spacial score (nSPS) is 17.8. The number of aromatic amines is 1. The summed E-state index contributed by atoms with van der Waals surface area (Å²) in [7, 11) is 0. The van der Waals surface area contributed by atoms with E-state index >= 15 is 0 Å². The van der Waals surface area contributed by atoms with Crippen LogP contribution in [0.5, 0.6) is 0 Å². The van der Waals surface area contributed by atoms with Crippen molar-refractivity contribution >= 4 is 23.4 Å². The van der Waals surface area contributed by atoms with Gasteiger partial charge < -0.3 is 16.0 Å². The number of nitrogens with two attached hydrogens (primary N) is 1. The van der Waals surface area contributed by atoms with Crippen molar-refractivity contribution in [1.29, 1.82) is 0 Å². The van der Waals surface area contributed by atoms with Crippen molar-refractivity contribution < 1.29 is 8.78 Å². The molecule has 0 bridgehead atoms. The van der Waals surface area contributed by atoms with Gasteiger partial charge in [-0.2, -0.15) is 4.98 Å². The number of anilines is 4. The van der Waals surface area contributed by atoms with Crippen LogP contribution in [0.2, 0.25) is 0 Å². The number of aromatic nitrogens is 6. The highest BCUT2D eigenvalue weighted by molar-refractivity contribution is 5.65. The lowest BCUT2D eigenvalue weighted by Gasteiger charge is -2.59. The van der Waals surface area contributed by atoms with Gasteiger partial charge in [0.05, 0.1) is 5.69 Å². The zero-order chi connectivity index (χ0) is 23.3. The van der Waals surface area contributed by atoms with Gasteiger partial charge in [0.2, 0.25) is 17.8 Å². The molecule has 6 rings (SSSR count). The number of nitrogens with zero attached hydrogens (tertiary/aromatic N) is 6. The fourth-order valence-corrected chi connectivity index (χ4v) is 4.74. The van der Waals surface area contributed by atoms with E-state index in [-0.39, 0.29) is 24.2 Å². The van der Waals surface area contributed by atoms with Gasteiger partial charge in [0.15, 0.2) is 5.82 Å². The molecule has 3 aromatic heterocycles. The summed E-state index contributed by atoms with van der Waals surface area (Å²) in [5.41, 5.74) is 8.69. The van der Waals surface area contributed by atoms with Gasteiger partial charge in [-0.25, -0.2) is 23.7 Å². The average molecular weight is 461 g/mol. The number of hydrogen-bond acceptors (Lipinski definition) is 8. The summed E-state index contributed by atoms with van der Waals surface area (Å²) in [5.74, 6) is -0.475. The lowest BCUT2D eigenvalue weighted by Crippen LogP contribution is -2.66. The minimum atomic E-state index is -2.49. The number of nitrogen functional groups attached to an aromatic ring is 1. The van der Waals surface area contributed by atoms with Crippen molar-refractivity contribution in [1.82, 2.24) is 30.1 Å². The van der Waals surface area contributed by atoms with E-state index in [0.717, 1.165) is 28.3 Å². The minimum absolute atomic E-state index is 0.0135. The first kappa shape index (κ1) is 20.5. The second-order valence-corrected chi connectivity index (χ2v) is 8.98. The third kappa shape index (κ3) is 3.78. The topological polar surface area (TPSA) is 122 Å². The van der Waals surface area contributed by atoms with Crippen LogP contribution in [0.3, 0.4) is 0 Å². The molecule has 4 N–H and O–H groups in total. The smallest absolute Gasteiger partial charge is 0.249 e. The minimum Gasteiger partial charge on any atom is -0.368 e. The van der Waals surface area contributed by atoms with Crippen molar-refractivity contribution in [3.8, 4) is 22.6 Å². The maximum Gasteiger partial charge on any atom is 0.249 e. The van der Waals surface area contributed by atoms with Crippen molar-refractivity contribution in [2.45, 2.75) is 18.8 Å². The van der Waals surface area contributed by atoms with Gasteiger partial charge in [-0.05, 0) is 30.3 Å². The fourth-order valence-electron chi connectivity index (χ4n) is 4.74. The molecule has 34 heavy (non-hydrogen) atoms. The molecule has 1 spiro atoms. The van der Waals surface area contributed by atoms with Crippen LogP contribution in [0.1, 0.15) is 12.8 Å². The largest absolute Gasteiger partial charge is 0.368 e. The first-order valence-corrected chi connectivity index (χ1v) is 10.8. The lowest BCUT2D eigenvalue weighted by molar-refractivity contribution is -0.170. The third-order valence-electron chi connectivity index (χ3n) is 6.26. The van der Waals surface area contributed by atoms with Gasteiger partial charge in [-0.3, -0.25) is 5.10 Å². The summed E-state index contributed by atoms with van der Waals surface area (Å²) in [5, 5.41) is 10.3. The number of nitrogens with one attached hydrogen (secondary N) is 2. The molecule has 4 heterocycles. The average Bonchev–Trinajstić information content (AvgIpc) is 3.25. The quantitative estimate of drug-likeness (QED) is 0.409. The summed E-state index contributed by atoms with van der Waals surface area (Å²) in [6, 6.07) is 13.2. The molecule has 1 aliphatic heterocycles. The van der Waals surface area contributed by atoms with E-state index in [4.69, 9.17) is 5.73 Å². The monoisotopic (exact) mass is 461 g/mol. The molecule has 1 saturated heterocycles. The molecule has 9 nitrogen and oxygen atoms in total. The molecule has 0 atom stereocenters. The highest BCUT2D eigenvalue weighted by Crippen LogP contribution is 2.57. The number of alkyl halides is 2. The summed E-state index contributed by atoms with van der Waals surface area (Å²) in [4.78, 5) is 19.1. The summed E-state index contributed by atoms with van der Waals surface area (Å²) in [6.45, 7) is 1.27. The van der Waals surface area contributed by atoms with Crippen molar-refractivity contribution in [2.24, 2.45) is 5.41 Å². The first-order valence-electron chi connectivity index (χ1n) is 10.8. The number of halogens is 2. The molecule has 1 aromatic carbocycles. The second kappa shape index (κ2) is 7.44. The Labute approximate surface area is 193 Å².